The number of nitrogens with one attached hydrogen (secondary N) is 4. The van der Waals surface area contributed by atoms with Gasteiger partial charge in [-0.25, -0.2) is 13.2 Å². The van der Waals surface area contributed by atoms with Crippen molar-refractivity contribution >= 4 is 39.4 Å². The lowest BCUT2D eigenvalue weighted by atomic mass is 9.83. The molecule has 0 aromatic carbocycles. The molecule has 2 saturated carbocycles. The Hall–Kier alpha value is -3.00. The van der Waals surface area contributed by atoms with E-state index in [0.717, 1.165) is 19.3 Å². The molecule has 51 heavy (non-hydrogen) atoms. The second kappa shape index (κ2) is 15.5. The number of sulfone groups is 1. The molecular weight excluding hydrogens is 675 g/mol. The third-order valence-electron chi connectivity index (χ3n) is 11.9. The number of carbonyl (C=O) groups is 5. The molecule has 14 heteroatoms. The highest BCUT2D eigenvalue weighted by Gasteiger charge is 2.70. The first-order valence-electron chi connectivity index (χ1n) is 18.7. The van der Waals surface area contributed by atoms with Crippen LogP contribution in [0.3, 0.4) is 0 Å². The first kappa shape index (κ1) is 40.8. The molecule has 4 rings (SSSR count). The number of nitrogens with zero attached hydrogens (tertiary/aromatic N) is 1. The van der Waals surface area contributed by atoms with E-state index in [-0.39, 0.29) is 36.0 Å². The van der Waals surface area contributed by atoms with E-state index in [4.69, 9.17) is 4.74 Å². The van der Waals surface area contributed by atoms with E-state index in [1.54, 1.807) is 6.92 Å². The second-order valence-electron chi connectivity index (χ2n) is 17.2. The van der Waals surface area contributed by atoms with Crippen molar-refractivity contribution in [2.75, 3.05) is 32.1 Å². The molecule has 0 spiro atoms. The summed E-state index contributed by atoms with van der Waals surface area (Å²) in [6.07, 6.45) is 6.57. The summed E-state index contributed by atoms with van der Waals surface area (Å²) in [6, 6.07) is -3.62. The van der Waals surface area contributed by atoms with Crippen LogP contribution in [-0.4, -0.2) is 103 Å². The number of amides is 5. The molecule has 0 bridgehead atoms. The highest BCUT2D eigenvalue weighted by molar-refractivity contribution is 7.92. The minimum Gasteiger partial charge on any atom is -0.381 e. The SMILES string of the molecule is C=CCNC(=O)C(=O)[C@H](CCC)NC(=O)[C@@H]1[C@@H]2[C@H](CN1C(=O)[C@@H](NC(=O)NC1(CS(=O)(=O)C3(C)CCOCC3)CCCCC1)C(C)(C)C)C2(C)C. The van der Waals surface area contributed by atoms with E-state index in [1.165, 1.54) is 11.0 Å². The number of likely N-dealkylation sites (tertiary alicyclic amines) is 1. The predicted octanol–water partition coefficient (Wildman–Crippen LogP) is 3.03. The summed E-state index contributed by atoms with van der Waals surface area (Å²) in [5.41, 5.74) is -1.97. The standard InChI is InChI=1S/C37H61N5O8S/c1-9-14-25(28(43)31(45)38-19-10-2)39-30(44)27-26-24(35(26,6)7)22-42(27)32(46)29(34(3,4)5)40-33(47)41-37(15-12-11-13-16-37)23-51(48,49)36(8)17-20-50-21-18-36/h10,24-27,29H,2,9,11-23H2,1,3-8H3,(H,38,45)(H,39,44)(H2,40,41,47)/t24-,25-,26-,27-,29+/m0/s1. The molecule has 4 fully saturated rings. The van der Waals surface area contributed by atoms with Gasteiger partial charge in [-0.3, -0.25) is 19.2 Å². The summed E-state index contributed by atoms with van der Waals surface area (Å²) >= 11 is 0. The first-order chi connectivity index (χ1) is 23.7. The summed E-state index contributed by atoms with van der Waals surface area (Å²) in [5, 5.41) is 11.2. The fraction of sp³-hybridized carbons (Fsp3) is 0.811. The van der Waals surface area contributed by atoms with Gasteiger partial charge >= 0.3 is 6.03 Å². The molecule has 0 radical (unpaired) electrons. The Morgan fingerprint density at radius 1 is 0.980 bits per heavy atom. The van der Waals surface area contributed by atoms with Gasteiger partial charge in [0.2, 0.25) is 17.6 Å². The monoisotopic (exact) mass is 735 g/mol. The van der Waals surface area contributed by atoms with E-state index in [9.17, 15) is 32.4 Å². The minimum absolute atomic E-state index is 0.0464. The number of piperidine rings is 1. The van der Waals surface area contributed by atoms with Crippen molar-refractivity contribution < 1.29 is 37.1 Å². The smallest absolute Gasteiger partial charge is 0.315 e. The van der Waals surface area contributed by atoms with Gasteiger partial charge in [-0.2, -0.15) is 0 Å². The lowest BCUT2D eigenvalue weighted by Crippen LogP contribution is -2.64. The van der Waals surface area contributed by atoms with Crippen LogP contribution < -0.4 is 21.3 Å². The quantitative estimate of drug-likeness (QED) is 0.155. The Labute approximate surface area is 304 Å². The number of Topliss-reactive ketones (excluding diaryl/α,β-unsaturated/α-hetero) is 1. The number of urea groups is 1. The largest absolute Gasteiger partial charge is 0.381 e. The Bertz CT molecular complexity index is 1460. The Kier molecular flexibility index (Phi) is 12.4. The van der Waals surface area contributed by atoms with Gasteiger partial charge < -0.3 is 30.9 Å². The van der Waals surface area contributed by atoms with Gasteiger partial charge in [-0.1, -0.05) is 73.3 Å². The van der Waals surface area contributed by atoms with Crippen LogP contribution >= 0.6 is 0 Å². The lowest BCUT2D eigenvalue weighted by Gasteiger charge is -2.42. The molecule has 288 valence electrons. The Morgan fingerprint density at radius 3 is 2.18 bits per heavy atom. The molecule has 4 N–H and O–H groups in total. The number of carbonyl (C=O) groups excluding carboxylic acids is 5. The zero-order chi connectivity index (χ0) is 38.0. The van der Waals surface area contributed by atoms with Crippen LogP contribution in [0, 0.1) is 22.7 Å². The van der Waals surface area contributed by atoms with Crippen LogP contribution in [0.4, 0.5) is 4.79 Å². The van der Waals surface area contributed by atoms with Crippen molar-refractivity contribution in [1.29, 1.82) is 0 Å². The van der Waals surface area contributed by atoms with Crippen molar-refractivity contribution in [1.82, 2.24) is 26.2 Å². The first-order valence-corrected chi connectivity index (χ1v) is 20.3. The number of hydrogen-bond acceptors (Lipinski definition) is 8. The van der Waals surface area contributed by atoms with Gasteiger partial charge in [0.05, 0.1) is 22.1 Å². The molecule has 0 aromatic heterocycles. The fourth-order valence-corrected chi connectivity index (χ4v) is 10.7. The summed E-state index contributed by atoms with van der Waals surface area (Å²) in [5.74, 6) is -2.81. The molecule has 2 heterocycles. The van der Waals surface area contributed by atoms with E-state index in [1.807, 2.05) is 41.5 Å². The van der Waals surface area contributed by atoms with Gasteiger partial charge in [-0.15, -0.1) is 6.58 Å². The predicted molar refractivity (Wildman–Crippen MR) is 194 cm³/mol. The molecule has 2 saturated heterocycles. The third kappa shape index (κ3) is 8.80. The maximum atomic E-state index is 14.5. The third-order valence-corrected chi connectivity index (χ3v) is 14.8. The van der Waals surface area contributed by atoms with Gasteiger partial charge in [0.25, 0.3) is 5.91 Å². The molecule has 0 aromatic rings. The topological polar surface area (TPSA) is 180 Å². The highest BCUT2D eigenvalue weighted by Crippen LogP contribution is 2.65. The van der Waals surface area contributed by atoms with Crippen molar-refractivity contribution in [3.8, 4) is 0 Å². The number of ether oxygens (including phenoxy) is 1. The summed E-state index contributed by atoms with van der Waals surface area (Å²) in [4.78, 5) is 69.5. The molecule has 0 unspecified atom stereocenters. The minimum atomic E-state index is -3.63. The van der Waals surface area contributed by atoms with Crippen LogP contribution in [0.5, 0.6) is 0 Å². The Morgan fingerprint density at radius 2 is 1.61 bits per heavy atom. The molecule has 2 aliphatic carbocycles. The lowest BCUT2D eigenvalue weighted by molar-refractivity contribution is -0.145. The van der Waals surface area contributed by atoms with E-state index in [0.29, 0.717) is 51.9 Å². The van der Waals surface area contributed by atoms with Crippen LogP contribution in [0.25, 0.3) is 0 Å². The van der Waals surface area contributed by atoms with Gasteiger partial charge in [0.15, 0.2) is 9.84 Å². The molecule has 5 atom stereocenters. The van der Waals surface area contributed by atoms with E-state index < -0.39 is 73.2 Å². The van der Waals surface area contributed by atoms with Crippen molar-refractivity contribution in [2.24, 2.45) is 22.7 Å². The zero-order valence-corrected chi connectivity index (χ0v) is 32.5. The number of fused-ring (bicyclic) bond motifs is 1. The average Bonchev–Trinajstić information content (AvgIpc) is 3.36. The van der Waals surface area contributed by atoms with E-state index in [2.05, 4.69) is 27.8 Å². The van der Waals surface area contributed by atoms with Gasteiger partial charge in [0.1, 0.15) is 12.1 Å². The number of ketones is 1. The summed E-state index contributed by atoms with van der Waals surface area (Å²) in [7, 11) is -3.63. The van der Waals surface area contributed by atoms with Crippen LogP contribution in [0.1, 0.15) is 106 Å². The molecule has 13 nitrogen and oxygen atoms in total. The molecule has 4 aliphatic rings. The Balaban J connectivity index is 1.54. The van der Waals surface area contributed by atoms with Crippen molar-refractivity contribution in [3.63, 3.8) is 0 Å². The molecule has 5 amide bonds. The summed E-state index contributed by atoms with van der Waals surface area (Å²) in [6.45, 7) is 17.9. The average molecular weight is 736 g/mol. The molecule has 2 aliphatic heterocycles. The van der Waals surface area contributed by atoms with Crippen molar-refractivity contribution in [3.05, 3.63) is 12.7 Å². The van der Waals surface area contributed by atoms with Gasteiger partial charge in [0, 0.05) is 26.3 Å². The zero-order valence-electron chi connectivity index (χ0n) is 31.7. The normalized spacial score (nSPS) is 26.1. The molecular formula is C37H61N5O8S. The maximum Gasteiger partial charge on any atom is 0.315 e. The van der Waals surface area contributed by atoms with Crippen LogP contribution in [0.15, 0.2) is 12.7 Å². The van der Waals surface area contributed by atoms with Crippen LogP contribution in [0.2, 0.25) is 0 Å². The number of hydrogen-bond donors (Lipinski definition) is 4. The highest BCUT2D eigenvalue weighted by atomic mass is 32.2. The van der Waals surface area contributed by atoms with Crippen molar-refractivity contribution in [2.45, 2.75) is 135 Å². The number of rotatable bonds is 14. The second-order valence-corrected chi connectivity index (χ2v) is 19.7. The fourth-order valence-electron chi connectivity index (χ4n) is 8.45. The summed E-state index contributed by atoms with van der Waals surface area (Å²) < 4.78 is 32.3. The maximum absolute atomic E-state index is 14.5. The van der Waals surface area contributed by atoms with Gasteiger partial charge in [-0.05, 0) is 61.7 Å². The van der Waals surface area contributed by atoms with E-state index >= 15 is 0 Å². The van der Waals surface area contributed by atoms with Crippen LogP contribution in [-0.2, 0) is 33.8 Å².